The van der Waals surface area contributed by atoms with Crippen molar-refractivity contribution in [3.63, 3.8) is 0 Å². The van der Waals surface area contributed by atoms with Gasteiger partial charge in [-0.1, -0.05) is 26.7 Å². The molecule has 1 heterocycles. The molecule has 0 amide bonds. The van der Waals surface area contributed by atoms with Crippen LogP contribution in [0.4, 0.5) is 0 Å². The summed E-state index contributed by atoms with van der Waals surface area (Å²) in [6.07, 6.45) is 4.87. The third-order valence-electron chi connectivity index (χ3n) is 2.50. The van der Waals surface area contributed by atoms with Gasteiger partial charge in [-0.2, -0.15) is 0 Å². The van der Waals surface area contributed by atoms with Crippen molar-refractivity contribution in [2.24, 2.45) is 0 Å². The van der Waals surface area contributed by atoms with Crippen LogP contribution >= 0.6 is 0 Å². The minimum atomic E-state index is -1.67. The Balaban J connectivity index is 2.33. The molecule has 0 unspecified atom stereocenters. The van der Waals surface area contributed by atoms with E-state index in [0.29, 0.717) is 0 Å². The third-order valence-corrected chi connectivity index (χ3v) is 6.19. The molecule has 1 fully saturated rings. The van der Waals surface area contributed by atoms with Gasteiger partial charge in [0.05, 0.1) is 0 Å². The molecule has 78 valence electrons. The van der Waals surface area contributed by atoms with Crippen molar-refractivity contribution >= 4 is 8.56 Å². The molecule has 13 heavy (non-hydrogen) atoms. The first-order valence-electron chi connectivity index (χ1n) is 5.61. The van der Waals surface area contributed by atoms with Crippen LogP contribution in [0.2, 0.25) is 12.1 Å². The SMILES string of the molecule is CCCO[Si]1(OCCC)CCCC1. The molecule has 0 aromatic rings. The summed E-state index contributed by atoms with van der Waals surface area (Å²) in [6.45, 7) is 6.12. The zero-order valence-corrected chi connectivity index (χ0v) is 9.97. The van der Waals surface area contributed by atoms with Gasteiger partial charge < -0.3 is 8.85 Å². The zero-order chi connectivity index (χ0) is 9.57. The van der Waals surface area contributed by atoms with Crippen molar-refractivity contribution in [3.05, 3.63) is 0 Å². The summed E-state index contributed by atoms with van der Waals surface area (Å²) in [4.78, 5) is 0. The Morgan fingerprint density at radius 3 is 1.77 bits per heavy atom. The summed E-state index contributed by atoms with van der Waals surface area (Å²) in [5.74, 6) is 0. The van der Waals surface area contributed by atoms with E-state index in [4.69, 9.17) is 8.85 Å². The second-order valence-electron chi connectivity index (χ2n) is 3.81. The average Bonchev–Trinajstić information content (AvgIpc) is 2.61. The highest BCUT2D eigenvalue weighted by molar-refractivity contribution is 6.68. The molecule has 0 spiro atoms. The predicted molar refractivity (Wildman–Crippen MR) is 57.1 cm³/mol. The first-order chi connectivity index (χ1) is 6.33. The van der Waals surface area contributed by atoms with Crippen molar-refractivity contribution in [1.29, 1.82) is 0 Å². The van der Waals surface area contributed by atoms with Crippen molar-refractivity contribution in [1.82, 2.24) is 0 Å². The van der Waals surface area contributed by atoms with E-state index >= 15 is 0 Å². The van der Waals surface area contributed by atoms with Crippen LogP contribution < -0.4 is 0 Å². The van der Waals surface area contributed by atoms with Crippen LogP contribution in [-0.4, -0.2) is 21.8 Å². The van der Waals surface area contributed by atoms with Gasteiger partial charge in [0, 0.05) is 13.2 Å². The third kappa shape index (κ3) is 3.41. The van der Waals surface area contributed by atoms with E-state index in [1.54, 1.807) is 0 Å². The molecule has 1 aliphatic heterocycles. The van der Waals surface area contributed by atoms with Crippen LogP contribution in [0.25, 0.3) is 0 Å². The van der Waals surface area contributed by atoms with Crippen LogP contribution in [0.15, 0.2) is 0 Å². The van der Waals surface area contributed by atoms with E-state index in [0.717, 1.165) is 26.1 Å². The Kier molecular flexibility index (Phi) is 4.99. The van der Waals surface area contributed by atoms with Gasteiger partial charge in [0.15, 0.2) is 0 Å². The molecule has 1 saturated heterocycles. The molecule has 1 rings (SSSR count). The van der Waals surface area contributed by atoms with Crippen molar-refractivity contribution in [2.45, 2.75) is 51.6 Å². The van der Waals surface area contributed by atoms with E-state index < -0.39 is 8.56 Å². The summed E-state index contributed by atoms with van der Waals surface area (Å²) in [6, 6.07) is 2.46. The van der Waals surface area contributed by atoms with Gasteiger partial charge in [0.1, 0.15) is 0 Å². The second-order valence-corrected chi connectivity index (χ2v) is 7.21. The number of hydrogen-bond donors (Lipinski definition) is 0. The molecule has 0 aliphatic carbocycles. The second kappa shape index (κ2) is 5.78. The molecule has 2 nitrogen and oxygen atoms in total. The monoisotopic (exact) mass is 202 g/mol. The van der Waals surface area contributed by atoms with Gasteiger partial charge >= 0.3 is 8.56 Å². The highest BCUT2D eigenvalue weighted by Crippen LogP contribution is 2.32. The van der Waals surface area contributed by atoms with Crippen molar-refractivity contribution < 1.29 is 8.85 Å². The summed E-state index contributed by atoms with van der Waals surface area (Å²) in [5, 5.41) is 0. The highest BCUT2D eigenvalue weighted by atomic mass is 28.4. The lowest BCUT2D eigenvalue weighted by molar-refractivity contribution is 0.173. The molecule has 0 bridgehead atoms. The topological polar surface area (TPSA) is 18.5 Å². The van der Waals surface area contributed by atoms with Crippen LogP contribution in [0.3, 0.4) is 0 Å². The molecule has 0 aromatic carbocycles. The Morgan fingerprint density at radius 2 is 1.38 bits per heavy atom. The molecule has 0 radical (unpaired) electrons. The molecule has 0 saturated carbocycles. The van der Waals surface area contributed by atoms with Crippen LogP contribution in [-0.2, 0) is 8.85 Å². The average molecular weight is 202 g/mol. The van der Waals surface area contributed by atoms with Crippen molar-refractivity contribution in [3.8, 4) is 0 Å². The van der Waals surface area contributed by atoms with Crippen LogP contribution in [0.1, 0.15) is 39.5 Å². The lowest BCUT2D eigenvalue weighted by Gasteiger charge is -2.25. The molecule has 3 heteroatoms. The quantitative estimate of drug-likeness (QED) is 0.616. The first kappa shape index (κ1) is 11.2. The maximum absolute atomic E-state index is 5.96. The van der Waals surface area contributed by atoms with Gasteiger partial charge in [-0.25, -0.2) is 0 Å². The maximum atomic E-state index is 5.96. The van der Waals surface area contributed by atoms with Gasteiger partial charge in [0.2, 0.25) is 0 Å². The van der Waals surface area contributed by atoms with Gasteiger partial charge in [-0.3, -0.25) is 0 Å². The maximum Gasteiger partial charge on any atom is 0.338 e. The standard InChI is InChI=1S/C10H22O2Si/c1-3-7-11-13(12-8-4-2)9-5-6-10-13/h3-10H2,1-2H3. The highest BCUT2D eigenvalue weighted by Gasteiger charge is 2.40. The minimum Gasteiger partial charge on any atom is -0.394 e. The molecule has 0 aromatic heterocycles. The molecular formula is C10H22O2Si. The Bertz CT molecular complexity index is 123. The van der Waals surface area contributed by atoms with E-state index in [1.807, 2.05) is 0 Å². The lowest BCUT2D eigenvalue weighted by Crippen LogP contribution is -2.39. The van der Waals surface area contributed by atoms with Crippen LogP contribution in [0, 0.1) is 0 Å². The van der Waals surface area contributed by atoms with E-state index in [9.17, 15) is 0 Å². The minimum absolute atomic E-state index is 0.899. The summed E-state index contributed by atoms with van der Waals surface area (Å²) in [5.41, 5.74) is 0. The normalized spacial score (nSPS) is 20.8. The number of rotatable bonds is 6. The molecule has 0 atom stereocenters. The largest absolute Gasteiger partial charge is 0.394 e. The molecular weight excluding hydrogens is 180 g/mol. The Hall–Kier alpha value is 0.137. The lowest BCUT2D eigenvalue weighted by atomic mass is 10.4. The van der Waals surface area contributed by atoms with E-state index in [1.165, 1.54) is 24.9 Å². The fraction of sp³-hybridized carbons (Fsp3) is 1.00. The smallest absolute Gasteiger partial charge is 0.338 e. The first-order valence-corrected chi connectivity index (χ1v) is 7.84. The molecule has 0 N–H and O–H groups in total. The van der Waals surface area contributed by atoms with E-state index in [-0.39, 0.29) is 0 Å². The summed E-state index contributed by atoms with van der Waals surface area (Å²) >= 11 is 0. The zero-order valence-electron chi connectivity index (χ0n) is 8.97. The Morgan fingerprint density at radius 1 is 0.923 bits per heavy atom. The van der Waals surface area contributed by atoms with Crippen LogP contribution in [0.5, 0.6) is 0 Å². The fourth-order valence-corrected chi connectivity index (χ4v) is 5.46. The van der Waals surface area contributed by atoms with Gasteiger partial charge in [-0.05, 0) is 24.9 Å². The molecule has 1 aliphatic rings. The van der Waals surface area contributed by atoms with Gasteiger partial charge in [-0.15, -0.1) is 0 Å². The van der Waals surface area contributed by atoms with Gasteiger partial charge in [0.25, 0.3) is 0 Å². The van der Waals surface area contributed by atoms with Crippen molar-refractivity contribution in [2.75, 3.05) is 13.2 Å². The Labute approximate surface area is 82.9 Å². The fourth-order valence-electron chi connectivity index (χ4n) is 1.82. The summed E-state index contributed by atoms with van der Waals surface area (Å²) in [7, 11) is -1.67. The summed E-state index contributed by atoms with van der Waals surface area (Å²) < 4.78 is 11.9. The predicted octanol–water partition coefficient (Wildman–Crippen LogP) is 3.08. The van der Waals surface area contributed by atoms with E-state index in [2.05, 4.69) is 13.8 Å². The number of hydrogen-bond acceptors (Lipinski definition) is 2.